The molecule has 4 aliphatic rings. The molecule has 0 bridgehead atoms. The molecule has 36 heavy (non-hydrogen) atoms. The van der Waals surface area contributed by atoms with Crippen molar-refractivity contribution in [3.63, 3.8) is 0 Å². The number of carbonyl (C=O) groups excluding carboxylic acids is 1. The van der Waals surface area contributed by atoms with Crippen LogP contribution in [-0.2, 0) is 4.79 Å². The Balaban J connectivity index is 1.26. The Labute approximate surface area is 218 Å². The zero-order valence-corrected chi connectivity index (χ0v) is 22.6. The minimum Gasteiger partial charge on any atom is -0.393 e. The van der Waals surface area contributed by atoms with E-state index in [4.69, 9.17) is 0 Å². The third-order valence-corrected chi connectivity index (χ3v) is 11.1. The van der Waals surface area contributed by atoms with Crippen LogP contribution in [0.4, 0.5) is 11.4 Å². The van der Waals surface area contributed by atoms with Crippen molar-refractivity contribution in [1.29, 1.82) is 0 Å². The van der Waals surface area contributed by atoms with E-state index in [0.29, 0.717) is 29.1 Å². The second-order valence-electron chi connectivity index (χ2n) is 12.7. The average Bonchev–Trinajstić information content (AvgIpc) is 3.22. The summed E-state index contributed by atoms with van der Waals surface area (Å²) in [6.07, 6.45) is 15.3. The molecule has 5 rings (SSSR count). The van der Waals surface area contributed by atoms with E-state index in [-0.39, 0.29) is 12.0 Å². The number of aliphatic hydroxyl groups is 1. The lowest BCUT2D eigenvalue weighted by Gasteiger charge is -2.58. The van der Waals surface area contributed by atoms with Gasteiger partial charge in [-0.3, -0.25) is 4.79 Å². The van der Waals surface area contributed by atoms with Crippen LogP contribution in [0.15, 0.2) is 48.6 Å². The summed E-state index contributed by atoms with van der Waals surface area (Å²) in [5.74, 6) is 3.39. The van der Waals surface area contributed by atoms with E-state index in [0.717, 1.165) is 54.8 Å². The van der Waals surface area contributed by atoms with Gasteiger partial charge in [0.2, 0.25) is 5.91 Å². The summed E-state index contributed by atoms with van der Waals surface area (Å²) in [4.78, 5) is 12.9. The van der Waals surface area contributed by atoms with Gasteiger partial charge in [-0.1, -0.05) is 43.7 Å². The van der Waals surface area contributed by atoms with E-state index in [1.165, 1.54) is 32.1 Å². The van der Waals surface area contributed by atoms with Gasteiger partial charge in [0.25, 0.3) is 0 Å². The SMILES string of the molecule is C=C[C@H](CCC(=O)Nc1ccccc1NC)[C@H]1CC[C@H]2[C@@H]3CC=C4C[C@@H](O)CC[C@]4(C)[C@H]3CC[C@]12C. The first-order chi connectivity index (χ1) is 17.3. The second-order valence-corrected chi connectivity index (χ2v) is 12.7. The monoisotopic (exact) mass is 490 g/mol. The van der Waals surface area contributed by atoms with E-state index in [9.17, 15) is 9.90 Å². The van der Waals surface area contributed by atoms with Crippen LogP contribution in [0.1, 0.15) is 78.1 Å². The topological polar surface area (TPSA) is 61.4 Å². The minimum absolute atomic E-state index is 0.0883. The molecule has 0 radical (unpaired) electrons. The van der Waals surface area contributed by atoms with Crippen molar-refractivity contribution in [3.8, 4) is 0 Å². The van der Waals surface area contributed by atoms with Gasteiger partial charge in [-0.2, -0.15) is 0 Å². The van der Waals surface area contributed by atoms with Gasteiger partial charge in [-0.05, 0) is 110 Å². The van der Waals surface area contributed by atoms with Crippen molar-refractivity contribution in [2.45, 2.75) is 84.2 Å². The fourth-order valence-electron chi connectivity index (χ4n) is 9.19. The smallest absolute Gasteiger partial charge is 0.224 e. The molecule has 1 amide bonds. The van der Waals surface area contributed by atoms with E-state index in [1.54, 1.807) is 5.57 Å². The van der Waals surface area contributed by atoms with Crippen LogP contribution in [0.25, 0.3) is 0 Å². The molecule has 3 fully saturated rings. The molecule has 0 aromatic heterocycles. The van der Waals surface area contributed by atoms with Gasteiger partial charge in [0.1, 0.15) is 0 Å². The van der Waals surface area contributed by atoms with Crippen molar-refractivity contribution in [3.05, 3.63) is 48.6 Å². The number of benzene rings is 1. The molecule has 0 aliphatic heterocycles. The highest BCUT2D eigenvalue weighted by molar-refractivity contribution is 5.94. The molecule has 3 saturated carbocycles. The summed E-state index contributed by atoms with van der Waals surface area (Å²) in [5, 5.41) is 16.6. The van der Waals surface area contributed by atoms with Crippen LogP contribution in [0.2, 0.25) is 0 Å². The second kappa shape index (κ2) is 10.0. The van der Waals surface area contributed by atoms with Gasteiger partial charge in [-0.15, -0.1) is 6.58 Å². The first kappa shape index (κ1) is 25.6. The number of anilines is 2. The third kappa shape index (κ3) is 4.34. The molecule has 1 aromatic carbocycles. The van der Waals surface area contributed by atoms with E-state index in [1.807, 2.05) is 31.3 Å². The summed E-state index contributed by atoms with van der Waals surface area (Å²) in [5.41, 5.74) is 3.97. The predicted molar refractivity (Wildman–Crippen MR) is 149 cm³/mol. The summed E-state index contributed by atoms with van der Waals surface area (Å²) in [7, 11) is 1.88. The van der Waals surface area contributed by atoms with E-state index in [2.05, 4.69) is 43.2 Å². The molecule has 0 saturated heterocycles. The maximum absolute atomic E-state index is 12.9. The van der Waals surface area contributed by atoms with Crippen molar-refractivity contribution >= 4 is 17.3 Å². The molecule has 0 unspecified atom stereocenters. The van der Waals surface area contributed by atoms with Crippen molar-refractivity contribution in [2.75, 3.05) is 17.7 Å². The largest absolute Gasteiger partial charge is 0.393 e. The minimum atomic E-state index is -0.136. The van der Waals surface area contributed by atoms with Crippen LogP contribution in [0, 0.1) is 40.4 Å². The number of aliphatic hydroxyl groups excluding tert-OH is 1. The Bertz CT molecular complexity index is 1020. The van der Waals surface area contributed by atoms with Gasteiger partial charge in [0.05, 0.1) is 17.5 Å². The first-order valence-corrected chi connectivity index (χ1v) is 14.4. The van der Waals surface area contributed by atoms with E-state index < -0.39 is 0 Å². The maximum atomic E-state index is 12.9. The predicted octanol–water partition coefficient (Wildman–Crippen LogP) is 7.19. The zero-order valence-electron chi connectivity index (χ0n) is 22.6. The van der Waals surface area contributed by atoms with Gasteiger partial charge in [-0.25, -0.2) is 0 Å². The van der Waals surface area contributed by atoms with Crippen LogP contribution in [0.5, 0.6) is 0 Å². The summed E-state index contributed by atoms with van der Waals surface area (Å²) < 4.78 is 0. The Morgan fingerprint density at radius 2 is 1.92 bits per heavy atom. The molecule has 8 atom stereocenters. The number of carbonyl (C=O) groups is 1. The molecular formula is C32H46N2O2. The summed E-state index contributed by atoms with van der Waals surface area (Å²) >= 11 is 0. The van der Waals surface area contributed by atoms with Crippen molar-refractivity contribution in [1.82, 2.24) is 0 Å². The Kier molecular flexibility index (Phi) is 7.11. The number of hydrogen-bond acceptors (Lipinski definition) is 3. The highest BCUT2D eigenvalue weighted by Gasteiger charge is 2.59. The molecule has 3 N–H and O–H groups in total. The lowest BCUT2D eigenvalue weighted by molar-refractivity contribution is -0.116. The molecule has 0 spiro atoms. The van der Waals surface area contributed by atoms with Crippen LogP contribution in [-0.4, -0.2) is 24.2 Å². The van der Waals surface area contributed by atoms with Gasteiger partial charge in [0.15, 0.2) is 0 Å². The van der Waals surface area contributed by atoms with Gasteiger partial charge in [0, 0.05) is 13.5 Å². The fraction of sp³-hybridized carbons (Fsp3) is 0.656. The molecule has 1 aromatic rings. The van der Waals surface area contributed by atoms with E-state index >= 15 is 0 Å². The van der Waals surface area contributed by atoms with Gasteiger partial charge >= 0.3 is 0 Å². The van der Waals surface area contributed by atoms with Crippen molar-refractivity contribution in [2.24, 2.45) is 40.4 Å². The Morgan fingerprint density at radius 1 is 1.14 bits per heavy atom. The molecule has 4 nitrogen and oxygen atoms in total. The highest BCUT2D eigenvalue weighted by Crippen LogP contribution is 2.67. The van der Waals surface area contributed by atoms with Crippen LogP contribution >= 0.6 is 0 Å². The fourth-order valence-corrected chi connectivity index (χ4v) is 9.19. The van der Waals surface area contributed by atoms with Crippen molar-refractivity contribution < 1.29 is 9.90 Å². The number of para-hydroxylation sites is 2. The van der Waals surface area contributed by atoms with Gasteiger partial charge < -0.3 is 15.7 Å². The summed E-state index contributed by atoms with van der Waals surface area (Å²) in [6.45, 7) is 9.32. The third-order valence-electron chi connectivity index (χ3n) is 11.1. The zero-order chi connectivity index (χ0) is 25.5. The average molecular weight is 491 g/mol. The summed E-state index contributed by atoms with van der Waals surface area (Å²) in [6, 6.07) is 7.87. The Hall–Kier alpha value is -2.07. The lowest BCUT2D eigenvalue weighted by atomic mass is 9.47. The number of amides is 1. The number of nitrogens with one attached hydrogen (secondary N) is 2. The Morgan fingerprint density at radius 3 is 2.67 bits per heavy atom. The normalized spacial score (nSPS) is 38.1. The van der Waals surface area contributed by atoms with Crippen LogP contribution in [0.3, 0.4) is 0 Å². The molecular weight excluding hydrogens is 444 g/mol. The number of hydrogen-bond donors (Lipinski definition) is 3. The molecule has 196 valence electrons. The number of rotatable bonds is 7. The highest BCUT2D eigenvalue weighted by atomic mass is 16.3. The maximum Gasteiger partial charge on any atom is 0.224 e. The molecule has 0 heterocycles. The number of fused-ring (bicyclic) bond motifs is 5. The standard InChI is InChI=1S/C32H46N2O2/c1-5-21(10-15-30(36)34-29-9-7-6-8-28(29)33-4)25-13-14-26-24-12-11-22-20-23(35)16-18-31(22,2)27(24)17-19-32(25,26)3/h5-9,11,21,23-27,33,35H,1,10,12-20H2,2-4H3,(H,34,36)/t21-,23+,24+,25-,26+,27+,31+,32-/m1/s1. The molecule has 4 heteroatoms. The number of allylic oxidation sites excluding steroid dienone is 2. The first-order valence-electron chi connectivity index (χ1n) is 14.4. The lowest BCUT2D eigenvalue weighted by Crippen LogP contribution is -2.50. The molecule has 4 aliphatic carbocycles. The quantitative estimate of drug-likeness (QED) is 0.355. The van der Waals surface area contributed by atoms with Crippen LogP contribution < -0.4 is 10.6 Å².